The van der Waals surface area contributed by atoms with Crippen LogP contribution in [0.15, 0.2) is 22.6 Å². The maximum atomic E-state index is 12.9. The number of carbonyl (C=O) groups excluding carboxylic acids is 1. The number of aldehydes is 1. The Hall–Kier alpha value is -1.64. The molecule has 0 fully saturated rings. The lowest BCUT2D eigenvalue weighted by Crippen LogP contribution is -1.77. The second-order valence-corrected chi connectivity index (χ2v) is 2.91. The maximum Gasteiger partial charge on any atom is 0.185 e. The number of halogens is 1. The predicted molar refractivity (Wildman–Crippen MR) is 46.3 cm³/mol. The average molecular weight is 178 g/mol. The highest BCUT2D eigenvalue weighted by Gasteiger charge is 2.06. The zero-order valence-corrected chi connectivity index (χ0v) is 7.00. The molecule has 2 aromatic rings. The molecule has 3 heteroatoms. The van der Waals surface area contributed by atoms with Gasteiger partial charge in [0, 0.05) is 5.39 Å². The molecule has 1 aromatic carbocycles. The fourth-order valence-electron chi connectivity index (χ4n) is 1.36. The zero-order valence-electron chi connectivity index (χ0n) is 7.00. The van der Waals surface area contributed by atoms with Crippen LogP contribution in [-0.4, -0.2) is 6.29 Å². The SMILES string of the molecule is Cc1cc(F)cc2cc(C=O)oc12. The summed E-state index contributed by atoms with van der Waals surface area (Å²) in [5.41, 5.74) is 1.27. The zero-order chi connectivity index (χ0) is 9.42. The standard InChI is InChI=1S/C10H7FO2/c1-6-2-8(11)3-7-4-9(5-12)13-10(6)7/h2-5H,1H3. The minimum Gasteiger partial charge on any atom is -0.453 e. The summed E-state index contributed by atoms with van der Waals surface area (Å²) in [4.78, 5) is 10.4. The number of rotatable bonds is 1. The molecule has 1 heterocycles. The fraction of sp³-hybridized carbons (Fsp3) is 0.100. The quantitative estimate of drug-likeness (QED) is 0.628. The van der Waals surface area contributed by atoms with Crippen molar-refractivity contribution in [2.24, 2.45) is 0 Å². The van der Waals surface area contributed by atoms with E-state index in [1.165, 1.54) is 18.2 Å². The summed E-state index contributed by atoms with van der Waals surface area (Å²) in [6.45, 7) is 1.74. The molecule has 0 amide bonds. The third-order valence-corrected chi connectivity index (χ3v) is 1.90. The van der Waals surface area contributed by atoms with Crippen molar-refractivity contribution in [2.75, 3.05) is 0 Å². The van der Waals surface area contributed by atoms with Crippen LogP contribution in [0.2, 0.25) is 0 Å². The first-order valence-corrected chi connectivity index (χ1v) is 3.85. The highest BCUT2D eigenvalue weighted by molar-refractivity contribution is 5.86. The van der Waals surface area contributed by atoms with Gasteiger partial charge in [-0.15, -0.1) is 0 Å². The molecule has 2 rings (SSSR count). The lowest BCUT2D eigenvalue weighted by Gasteiger charge is -1.93. The van der Waals surface area contributed by atoms with Crippen LogP contribution in [-0.2, 0) is 0 Å². The number of aryl methyl sites for hydroxylation is 1. The van der Waals surface area contributed by atoms with Crippen LogP contribution in [0.1, 0.15) is 16.1 Å². The molecule has 2 nitrogen and oxygen atoms in total. The Bertz CT molecular complexity index is 471. The van der Waals surface area contributed by atoms with Crippen LogP contribution >= 0.6 is 0 Å². The molecule has 0 bridgehead atoms. The molecule has 13 heavy (non-hydrogen) atoms. The van der Waals surface area contributed by atoms with Gasteiger partial charge in [0.2, 0.25) is 0 Å². The van der Waals surface area contributed by atoms with E-state index in [4.69, 9.17) is 4.42 Å². The summed E-state index contributed by atoms with van der Waals surface area (Å²) >= 11 is 0. The Balaban J connectivity index is 2.82. The first-order valence-electron chi connectivity index (χ1n) is 3.85. The summed E-state index contributed by atoms with van der Waals surface area (Å²) in [5, 5.41) is 0.625. The smallest absolute Gasteiger partial charge is 0.185 e. The summed E-state index contributed by atoms with van der Waals surface area (Å²) in [5.74, 6) is -0.0908. The molecule has 0 N–H and O–H groups in total. The molecule has 0 atom stereocenters. The number of fused-ring (bicyclic) bond motifs is 1. The van der Waals surface area contributed by atoms with E-state index < -0.39 is 0 Å². The van der Waals surface area contributed by atoms with Gasteiger partial charge in [0.1, 0.15) is 11.4 Å². The Labute approximate surface area is 74.0 Å². The van der Waals surface area contributed by atoms with Crippen LogP contribution in [0.25, 0.3) is 11.0 Å². The van der Waals surface area contributed by atoms with Gasteiger partial charge in [-0.25, -0.2) is 4.39 Å². The van der Waals surface area contributed by atoms with Gasteiger partial charge in [-0.05, 0) is 30.7 Å². The van der Waals surface area contributed by atoms with Crippen molar-refractivity contribution >= 4 is 17.3 Å². The second-order valence-electron chi connectivity index (χ2n) is 2.91. The van der Waals surface area contributed by atoms with E-state index in [2.05, 4.69) is 0 Å². The van der Waals surface area contributed by atoms with Gasteiger partial charge < -0.3 is 4.42 Å². The Morgan fingerprint density at radius 3 is 2.85 bits per heavy atom. The summed E-state index contributed by atoms with van der Waals surface area (Å²) in [6.07, 6.45) is 0.608. The summed E-state index contributed by atoms with van der Waals surface area (Å²) < 4.78 is 18.0. The molecule has 0 aliphatic heterocycles. The average Bonchev–Trinajstić information content (AvgIpc) is 2.47. The van der Waals surface area contributed by atoms with Gasteiger partial charge in [-0.2, -0.15) is 0 Å². The molecule has 66 valence electrons. The van der Waals surface area contributed by atoms with Crippen LogP contribution in [0.5, 0.6) is 0 Å². The van der Waals surface area contributed by atoms with E-state index in [0.29, 0.717) is 22.8 Å². The van der Waals surface area contributed by atoms with Crippen molar-refractivity contribution in [2.45, 2.75) is 6.92 Å². The van der Waals surface area contributed by atoms with E-state index in [1.54, 1.807) is 6.92 Å². The highest BCUT2D eigenvalue weighted by Crippen LogP contribution is 2.23. The summed E-state index contributed by atoms with van der Waals surface area (Å²) in [7, 11) is 0. The summed E-state index contributed by atoms with van der Waals surface area (Å²) in [6, 6.07) is 4.25. The number of carbonyl (C=O) groups is 1. The minimum atomic E-state index is -0.316. The van der Waals surface area contributed by atoms with Crippen molar-refractivity contribution in [3.63, 3.8) is 0 Å². The first kappa shape index (κ1) is 7.98. The van der Waals surface area contributed by atoms with E-state index in [1.807, 2.05) is 0 Å². The maximum absolute atomic E-state index is 12.9. The van der Waals surface area contributed by atoms with Crippen molar-refractivity contribution in [1.82, 2.24) is 0 Å². The molecule has 1 aromatic heterocycles. The number of furan rings is 1. The first-order chi connectivity index (χ1) is 6.20. The van der Waals surface area contributed by atoms with E-state index in [-0.39, 0.29) is 11.6 Å². The van der Waals surface area contributed by atoms with E-state index >= 15 is 0 Å². The largest absolute Gasteiger partial charge is 0.453 e. The third-order valence-electron chi connectivity index (χ3n) is 1.90. The Kier molecular flexibility index (Phi) is 1.65. The van der Waals surface area contributed by atoms with Gasteiger partial charge in [0.25, 0.3) is 0 Å². The van der Waals surface area contributed by atoms with Crippen LogP contribution in [0, 0.1) is 12.7 Å². The molecule has 0 aliphatic carbocycles. The highest BCUT2D eigenvalue weighted by atomic mass is 19.1. The molecular formula is C10H7FO2. The Morgan fingerprint density at radius 2 is 2.15 bits per heavy atom. The molecule has 0 saturated carbocycles. The topological polar surface area (TPSA) is 30.2 Å². The monoisotopic (exact) mass is 178 g/mol. The normalized spacial score (nSPS) is 10.6. The van der Waals surface area contributed by atoms with Gasteiger partial charge in [0.05, 0.1) is 0 Å². The molecule has 0 unspecified atom stereocenters. The minimum absolute atomic E-state index is 0.226. The molecule has 0 spiro atoms. The third kappa shape index (κ3) is 1.22. The molecular weight excluding hydrogens is 171 g/mol. The van der Waals surface area contributed by atoms with Gasteiger partial charge >= 0.3 is 0 Å². The van der Waals surface area contributed by atoms with Crippen molar-refractivity contribution < 1.29 is 13.6 Å². The molecule has 0 radical (unpaired) electrons. The Morgan fingerprint density at radius 1 is 1.38 bits per heavy atom. The second kappa shape index (κ2) is 2.69. The van der Waals surface area contributed by atoms with Gasteiger partial charge in [-0.3, -0.25) is 4.79 Å². The van der Waals surface area contributed by atoms with E-state index in [9.17, 15) is 9.18 Å². The molecule has 0 saturated heterocycles. The van der Waals surface area contributed by atoms with Crippen molar-refractivity contribution in [3.05, 3.63) is 35.3 Å². The number of hydrogen-bond acceptors (Lipinski definition) is 2. The lowest BCUT2D eigenvalue weighted by molar-refractivity contribution is 0.110. The van der Waals surface area contributed by atoms with Gasteiger partial charge in [0.15, 0.2) is 12.0 Å². The lowest BCUT2D eigenvalue weighted by atomic mass is 10.2. The predicted octanol–water partition coefficient (Wildman–Crippen LogP) is 2.69. The van der Waals surface area contributed by atoms with Crippen LogP contribution < -0.4 is 0 Å². The number of benzene rings is 1. The number of hydrogen-bond donors (Lipinski definition) is 0. The van der Waals surface area contributed by atoms with Crippen LogP contribution in [0.3, 0.4) is 0 Å². The van der Waals surface area contributed by atoms with Crippen LogP contribution in [0.4, 0.5) is 4.39 Å². The molecule has 0 aliphatic rings. The fourth-order valence-corrected chi connectivity index (χ4v) is 1.36. The van der Waals surface area contributed by atoms with Crippen molar-refractivity contribution in [1.29, 1.82) is 0 Å². The van der Waals surface area contributed by atoms with E-state index in [0.717, 1.165) is 0 Å². The van der Waals surface area contributed by atoms with Crippen molar-refractivity contribution in [3.8, 4) is 0 Å². The van der Waals surface area contributed by atoms with Gasteiger partial charge in [-0.1, -0.05) is 0 Å².